The number of benzene rings is 1. The molecule has 1 N–H and O–H groups in total. The monoisotopic (exact) mass is 266 g/mol. The molecule has 1 aromatic rings. The van der Waals surface area contributed by atoms with Crippen LogP contribution in [0.1, 0.15) is 42.9 Å². The molecule has 0 saturated carbocycles. The lowest BCUT2D eigenvalue weighted by Gasteiger charge is -2.03. The molecule has 0 unspecified atom stereocenters. The summed E-state index contributed by atoms with van der Waals surface area (Å²) in [6, 6.07) is 11.0. The van der Waals surface area contributed by atoms with Gasteiger partial charge in [0.25, 0.3) is 0 Å². The van der Waals surface area contributed by atoms with Crippen molar-refractivity contribution in [2.24, 2.45) is 0 Å². The van der Waals surface area contributed by atoms with E-state index in [1.165, 1.54) is 53.6 Å². The minimum atomic E-state index is 1.06. The van der Waals surface area contributed by atoms with Gasteiger partial charge in [0.2, 0.25) is 0 Å². The predicted molar refractivity (Wildman–Crippen MR) is 83.4 cm³/mol. The van der Waals surface area contributed by atoms with Crippen LogP contribution < -0.4 is 5.32 Å². The average molecular weight is 266 g/mol. The third kappa shape index (κ3) is 3.26. The molecule has 2 aliphatic heterocycles. The molecule has 2 nitrogen and oxygen atoms in total. The maximum atomic E-state index is 3.95. The SMILES string of the molecule is CCCCCc1ccc2c(c1)CNC2.c1cc2cc-2n1. The summed E-state index contributed by atoms with van der Waals surface area (Å²) < 4.78 is 0. The summed E-state index contributed by atoms with van der Waals surface area (Å²) in [4.78, 5) is 3.95. The second-order valence-electron chi connectivity index (χ2n) is 5.59. The molecule has 0 saturated heterocycles. The summed E-state index contributed by atoms with van der Waals surface area (Å²) in [6.07, 6.45) is 7.08. The molecular formula is C18H22N2. The molecular weight excluding hydrogens is 244 g/mol. The first-order valence-corrected chi connectivity index (χ1v) is 7.64. The highest BCUT2D eigenvalue weighted by atomic mass is 14.9. The van der Waals surface area contributed by atoms with Gasteiger partial charge in [-0.1, -0.05) is 38.0 Å². The molecule has 1 aromatic carbocycles. The van der Waals surface area contributed by atoms with Gasteiger partial charge >= 0.3 is 0 Å². The molecule has 2 heterocycles. The number of fused-ring (bicyclic) bond motifs is 2. The number of nitrogens with zero attached hydrogens (tertiary/aromatic N) is 1. The van der Waals surface area contributed by atoms with Gasteiger partial charge in [0, 0.05) is 24.8 Å². The summed E-state index contributed by atoms with van der Waals surface area (Å²) in [7, 11) is 0. The average Bonchev–Trinajstić information content (AvgIpc) is 2.90. The van der Waals surface area contributed by atoms with E-state index in [-0.39, 0.29) is 0 Å². The first-order valence-electron chi connectivity index (χ1n) is 7.64. The maximum absolute atomic E-state index is 3.95. The van der Waals surface area contributed by atoms with E-state index in [9.17, 15) is 0 Å². The Morgan fingerprint density at radius 3 is 2.60 bits per heavy atom. The van der Waals surface area contributed by atoms with Crippen LogP contribution in [0.5, 0.6) is 0 Å². The minimum absolute atomic E-state index is 1.06. The molecule has 0 amide bonds. The Bertz CT molecular complexity index is 572. The van der Waals surface area contributed by atoms with Crippen molar-refractivity contribution in [2.45, 2.75) is 45.7 Å². The van der Waals surface area contributed by atoms with Crippen LogP contribution in [0.2, 0.25) is 0 Å². The second kappa shape index (κ2) is 6.19. The van der Waals surface area contributed by atoms with Crippen LogP contribution in [0.4, 0.5) is 0 Å². The molecule has 104 valence electrons. The highest BCUT2D eigenvalue weighted by molar-refractivity contribution is 5.75. The molecule has 1 aliphatic carbocycles. The van der Waals surface area contributed by atoms with E-state index in [0.717, 1.165) is 13.1 Å². The predicted octanol–water partition coefficient (Wildman–Crippen LogP) is 4.08. The van der Waals surface area contributed by atoms with E-state index in [1.807, 2.05) is 12.3 Å². The number of nitrogens with one attached hydrogen (secondary N) is 1. The lowest BCUT2D eigenvalue weighted by Crippen LogP contribution is -1.99. The van der Waals surface area contributed by atoms with Gasteiger partial charge in [-0.2, -0.15) is 0 Å². The minimum Gasteiger partial charge on any atom is -0.309 e. The van der Waals surface area contributed by atoms with Gasteiger partial charge < -0.3 is 5.32 Å². The van der Waals surface area contributed by atoms with E-state index in [1.54, 1.807) is 0 Å². The van der Waals surface area contributed by atoms with Gasteiger partial charge in [0.05, 0.1) is 5.69 Å². The van der Waals surface area contributed by atoms with Crippen molar-refractivity contribution in [2.75, 3.05) is 0 Å². The van der Waals surface area contributed by atoms with Crippen molar-refractivity contribution in [1.29, 1.82) is 0 Å². The van der Waals surface area contributed by atoms with Crippen LogP contribution in [-0.4, -0.2) is 4.98 Å². The molecule has 0 fully saturated rings. The highest BCUT2D eigenvalue weighted by Gasteiger charge is 2.10. The van der Waals surface area contributed by atoms with Crippen LogP contribution >= 0.6 is 0 Å². The van der Waals surface area contributed by atoms with Gasteiger partial charge in [-0.3, -0.25) is 4.98 Å². The topological polar surface area (TPSA) is 24.9 Å². The number of unbranched alkanes of at least 4 members (excludes halogenated alkanes) is 2. The van der Waals surface area contributed by atoms with E-state index >= 15 is 0 Å². The lowest BCUT2D eigenvalue weighted by molar-refractivity contribution is 0.717. The Morgan fingerprint density at radius 1 is 1.05 bits per heavy atom. The quantitative estimate of drug-likeness (QED) is 0.720. The van der Waals surface area contributed by atoms with Gasteiger partial charge in [0.15, 0.2) is 0 Å². The fraction of sp³-hybridized carbons (Fsp3) is 0.389. The Labute approximate surface area is 121 Å². The second-order valence-corrected chi connectivity index (χ2v) is 5.59. The number of aryl methyl sites for hydroxylation is 1. The van der Waals surface area contributed by atoms with Crippen LogP contribution in [-0.2, 0) is 19.5 Å². The summed E-state index contributed by atoms with van der Waals surface area (Å²) in [5, 5.41) is 3.38. The largest absolute Gasteiger partial charge is 0.309 e. The highest BCUT2D eigenvalue weighted by Crippen LogP contribution is 2.29. The Morgan fingerprint density at radius 2 is 1.95 bits per heavy atom. The fourth-order valence-electron chi connectivity index (χ4n) is 2.64. The van der Waals surface area contributed by atoms with Crippen molar-refractivity contribution >= 4 is 0 Å². The first kappa shape index (κ1) is 13.3. The smallest absolute Gasteiger partial charge is 0.0710 e. The standard InChI is InChI=1S/C13H19N.C5H3N/c1-2-3-4-5-11-6-7-12-9-14-10-13(12)8-11;1-2-6-5-3-4(1)5/h6-8,14H,2-5,9-10H2,1H3;1-3H. The molecule has 0 atom stereocenters. The molecule has 0 spiro atoms. The summed E-state index contributed by atoms with van der Waals surface area (Å²) in [6.45, 7) is 4.38. The summed E-state index contributed by atoms with van der Waals surface area (Å²) in [5.41, 5.74) is 7.01. The van der Waals surface area contributed by atoms with E-state index < -0.39 is 0 Å². The third-order valence-electron chi connectivity index (χ3n) is 3.94. The Kier molecular flexibility index (Phi) is 4.12. The molecule has 0 radical (unpaired) electrons. The van der Waals surface area contributed by atoms with Gasteiger partial charge in [-0.05, 0) is 41.7 Å². The fourth-order valence-corrected chi connectivity index (χ4v) is 2.64. The molecule has 0 aromatic heterocycles. The Balaban J connectivity index is 0.000000165. The number of hydrogen-bond donors (Lipinski definition) is 1. The summed E-state index contributed by atoms with van der Waals surface area (Å²) >= 11 is 0. The van der Waals surface area contributed by atoms with Crippen molar-refractivity contribution in [3.63, 3.8) is 0 Å². The van der Waals surface area contributed by atoms with Gasteiger partial charge in [-0.25, -0.2) is 0 Å². The molecule has 0 bridgehead atoms. The lowest BCUT2D eigenvalue weighted by atomic mass is 10.0. The number of rotatable bonds is 4. The summed E-state index contributed by atoms with van der Waals surface area (Å²) in [5.74, 6) is 0. The van der Waals surface area contributed by atoms with Crippen LogP contribution in [0, 0.1) is 0 Å². The molecule has 20 heavy (non-hydrogen) atoms. The molecule has 3 aliphatic rings. The zero-order chi connectivity index (χ0) is 13.8. The number of pyridine rings is 1. The molecule has 2 heteroatoms. The van der Waals surface area contributed by atoms with Crippen LogP contribution in [0.25, 0.3) is 11.3 Å². The van der Waals surface area contributed by atoms with Gasteiger partial charge in [0.1, 0.15) is 0 Å². The Hall–Kier alpha value is -1.67. The normalized spacial score (nSPS) is 13.4. The first-order chi connectivity index (χ1) is 9.86. The van der Waals surface area contributed by atoms with Gasteiger partial charge in [-0.15, -0.1) is 0 Å². The zero-order valence-electron chi connectivity index (χ0n) is 12.2. The van der Waals surface area contributed by atoms with E-state index in [0.29, 0.717) is 0 Å². The van der Waals surface area contributed by atoms with Crippen molar-refractivity contribution in [3.05, 3.63) is 53.2 Å². The van der Waals surface area contributed by atoms with E-state index in [2.05, 4.69) is 41.5 Å². The number of hydrogen-bond acceptors (Lipinski definition) is 2. The third-order valence-corrected chi connectivity index (χ3v) is 3.94. The van der Waals surface area contributed by atoms with Crippen molar-refractivity contribution in [3.8, 4) is 11.3 Å². The van der Waals surface area contributed by atoms with Crippen LogP contribution in [0.3, 0.4) is 0 Å². The maximum Gasteiger partial charge on any atom is 0.0710 e. The van der Waals surface area contributed by atoms with E-state index in [4.69, 9.17) is 0 Å². The number of aromatic nitrogens is 1. The van der Waals surface area contributed by atoms with Crippen LogP contribution in [0.15, 0.2) is 36.5 Å². The van der Waals surface area contributed by atoms with Crippen molar-refractivity contribution < 1.29 is 0 Å². The van der Waals surface area contributed by atoms with Crippen molar-refractivity contribution in [1.82, 2.24) is 10.3 Å². The zero-order valence-corrected chi connectivity index (χ0v) is 12.2. The molecule has 4 rings (SSSR count).